The summed E-state index contributed by atoms with van der Waals surface area (Å²) >= 11 is 6.17. The molecule has 178 valence electrons. The smallest absolute Gasteiger partial charge is 0.321 e. The third-order valence-electron chi connectivity index (χ3n) is 7.22. The lowest BCUT2D eigenvalue weighted by molar-refractivity contribution is 0.0699. The van der Waals surface area contributed by atoms with E-state index in [0.717, 1.165) is 44.3 Å². The number of anilines is 1. The third-order valence-corrected chi connectivity index (χ3v) is 7.55. The molecule has 0 aliphatic carbocycles. The van der Waals surface area contributed by atoms with Gasteiger partial charge in [-0.1, -0.05) is 30.7 Å². The van der Waals surface area contributed by atoms with Crippen LogP contribution in [-0.4, -0.2) is 57.5 Å². The van der Waals surface area contributed by atoms with Gasteiger partial charge in [-0.25, -0.2) is 9.31 Å². The topological polar surface area (TPSA) is 70.0 Å². The molecule has 0 atom stereocenters. The number of pyridine rings is 1. The number of rotatable bonds is 3. The summed E-state index contributed by atoms with van der Waals surface area (Å²) in [4.78, 5) is 29.7. The number of benzene rings is 1. The maximum atomic E-state index is 13.2. The van der Waals surface area contributed by atoms with E-state index in [0.29, 0.717) is 41.2 Å². The van der Waals surface area contributed by atoms with Crippen LogP contribution in [0.1, 0.15) is 54.4 Å². The molecular weight excluding hydrogens is 450 g/mol. The molecule has 1 N–H and O–H groups in total. The van der Waals surface area contributed by atoms with Gasteiger partial charge >= 0.3 is 6.03 Å². The fourth-order valence-electron chi connectivity index (χ4n) is 4.97. The molecule has 1 aromatic carbocycles. The van der Waals surface area contributed by atoms with Crippen LogP contribution in [0.25, 0.3) is 5.52 Å². The molecule has 8 heteroatoms. The van der Waals surface area contributed by atoms with Crippen LogP contribution < -0.4 is 5.32 Å². The fraction of sp³-hybridized carbons (Fsp3) is 0.423. The van der Waals surface area contributed by atoms with Crippen molar-refractivity contribution in [1.29, 1.82) is 0 Å². The molecule has 7 nitrogen and oxygen atoms in total. The number of carbonyl (C=O) groups is 2. The number of nitrogens with zero attached hydrogens (tertiary/aromatic N) is 4. The maximum absolute atomic E-state index is 13.2. The highest BCUT2D eigenvalue weighted by Gasteiger charge is 2.27. The number of likely N-dealkylation sites (tertiary alicyclic amines) is 2. The number of fused-ring (bicyclic) bond motifs is 1. The first-order chi connectivity index (χ1) is 16.5. The van der Waals surface area contributed by atoms with Crippen molar-refractivity contribution < 1.29 is 9.59 Å². The van der Waals surface area contributed by atoms with Gasteiger partial charge in [0.1, 0.15) is 0 Å². The first-order valence-electron chi connectivity index (χ1n) is 12.1. The minimum absolute atomic E-state index is 0.0742. The molecule has 2 fully saturated rings. The molecule has 3 amide bonds. The lowest BCUT2D eigenvalue weighted by Crippen LogP contribution is -2.40. The number of hydrogen-bond donors (Lipinski definition) is 1. The minimum Gasteiger partial charge on any atom is -0.339 e. The van der Waals surface area contributed by atoms with E-state index >= 15 is 0 Å². The molecule has 4 heterocycles. The van der Waals surface area contributed by atoms with E-state index in [2.05, 4.69) is 29.5 Å². The number of amides is 3. The monoisotopic (exact) mass is 479 g/mol. The van der Waals surface area contributed by atoms with Gasteiger partial charge in [0, 0.05) is 32.4 Å². The zero-order valence-corrected chi connectivity index (χ0v) is 20.2. The predicted molar refractivity (Wildman–Crippen MR) is 134 cm³/mol. The van der Waals surface area contributed by atoms with Gasteiger partial charge in [0.15, 0.2) is 0 Å². The highest BCUT2D eigenvalue weighted by molar-refractivity contribution is 6.33. The minimum atomic E-state index is -0.124. The summed E-state index contributed by atoms with van der Waals surface area (Å²) in [7, 11) is 0. The van der Waals surface area contributed by atoms with Crippen LogP contribution in [0, 0.1) is 5.92 Å². The fourth-order valence-corrected chi connectivity index (χ4v) is 5.15. The first-order valence-corrected chi connectivity index (χ1v) is 12.4. The summed E-state index contributed by atoms with van der Waals surface area (Å²) in [6, 6.07) is 11.3. The van der Waals surface area contributed by atoms with Crippen LogP contribution in [0.4, 0.5) is 10.5 Å². The second-order valence-electron chi connectivity index (χ2n) is 9.49. The Bertz CT molecular complexity index is 1190. The maximum Gasteiger partial charge on any atom is 0.321 e. The molecule has 2 saturated heterocycles. The second-order valence-corrected chi connectivity index (χ2v) is 9.90. The second kappa shape index (κ2) is 9.66. The van der Waals surface area contributed by atoms with Gasteiger partial charge in [-0.15, -0.1) is 0 Å². The Morgan fingerprint density at radius 3 is 2.44 bits per heavy atom. The summed E-state index contributed by atoms with van der Waals surface area (Å²) < 4.78 is 1.79. The van der Waals surface area contributed by atoms with Gasteiger partial charge in [-0.2, -0.15) is 5.10 Å². The van der Waals surface area contributed by atoms with E-state index < -0.39 is 0 Å². The van der Waals surface area contributed by atoms with Crippen molar-refractivity contribution in [2.24, 2.45) is 5.92 Å². The largest absolute Gasteiger partial charge is 0.339 e. The van der Waals surface area contributed by atoms with Crippen LogP contribution in [0.5, 0.6) is 0 Å². The van der Waals surface area contributed by atoms with Crippen molar-refractivity contribution in [2.45, 2.75) is 38.5 Å². The van der Waals surface area contributed by atoms with Crippen LogP contribution in [-0.2, 0) is 0 Å². The van der Waals surface area contributed by atoms with Crippen LogP contribution in [0.15, 0.2) is 48.8 Å². The molecule has 5 rings (SSSR count). The number of carbonyl (C=O) groups excluding carboxylic acids is 2. The summed E-state index contributed by atoms with van der Waals surface area (Å²) in [5, 5.41) is 7.86. The van der Waals surface area contributed by atoms with Crippen molar-refractivity contribution in [3.8, 4) is 0 Å². The number of halogens is 1. The van der Waals surface area contributed by atoms with Gasteiger partial charge in [-0.05, 0) is 67.3 Å². The molecule has 0 saturated carbocycles. The third kappa shape index (κ3) is 4.62. The standard InChI is InChI=1S/C26H30ClN5O2/c1-18-6-11-30(12-7-18)25(33)21-17-28-32-15-10-20(16-24(21)32)19-8-13-31(14-9-19)26(34)29-23-5-3-2-4-22(23)27/h2-5,10,15-19H,6-9,11-14H2,1H3,(H,29,34). The average Bonchev–Trinajstić information content (AvgIpc) is 3.29. The molecule has 0 radical (unpaired) electrons. The first kappa shape index (κ1) is 22.7. The Balaban J connectivity index is 1.25. The molecule has 2 aliphatic heterocycles. The van der Waals surface area contributed by atoms with Gasteiger partial charge in [0.2, 0.25) is 0 Å². The van der Waals surface area contributed by atoms with Gasteiger partial charge < -0.3 is 15.1 Å². The summed E-state index contributed by atoms with van der Waals surface area (Å²) in [6.45, 7) is 5.21. The molecule has 3 aromatic rings. The Kier molecular flexibility index (Phi) is 6.46. The molecular formula is C26H30ClN5O2. The lowest BCUT2D eigenvalue weighted by Gasteiger charge is -2.32. The average molecular weight is 480 g/mol. The van der Waals surface area contributed by atoms with Crippen LogP contribution in [0.3, 0.4) is 0 Å². The van der Waals surface area contributed by atoms with E-state index in [1.165, 1.54) is 5.56 Å². The zero-order chi connectivity index (χ0) is 23.7. The summed E-state index contributed by atoms with van der Waals surface area (Å²) in [6.07, 6.45) is 7.48. The van der Waals surface area contributed by atoms with Gasteiger partial charge in [0.25, 0.3) is 5.91 Å². The van der Waals surface area contributed by atoms with Crippen molar-refractivity contribution in [3.63, 3.8) is 0 Å². The van der Waals surface area contributed by atoms with Gasteiger partial charge in [0.05, 0.1) is 28.0 Å². The van der Waals surface area contributed by atoms with E-state index in [9.17, 15) is 9.59 Å². The number of para-hydroxylation sites is 1. The Morgan fingerprint density at radius 1 is 1.00 bits per heavy atom. The van der Waals surface area contributed by atoms with Gasteiger partial charge in [-0.3, -0.25) is 4.79 Å². The molecule has 0 spiro atoms. The molecule has 2 aliphatic rings. The van der Waals surface area contributed by atoms with Crippen molar-refractivity contribution in [1.82, 2.24) is 19.4 Å². The Labute approximate surface area is 204 Å². The number of aromatic nitrogens is 2. The van der Waals surface area contributed by atoms with Crippen LogP contribution in [0.2, 0.25) is 5.02 Å². The Morgan fingerprint density at radius 2 is 1.71 bits per heavy atom. The summed E-state index contributed by atoms with van der Waals surface area (Å²) in [5.41, 5.74) is 3.36. The molecule has 2 aromatic heterocycles. The number of nitrogens with one attached hydrogen (secondary N) is 1. The molecule has 34 heavy (non-hydrogen) atoms. The van der Waals surface area contributed by atoms with Crippen molar-refractivity contribution >= 4 is 34.7 Å². The molecule has 0 bridgehead atoms. The predicted octanol–water partition coefficient (Wildman–Crippen LogP) is 5.27. The highest BCUT2D eigenvalue weighted by atomic mass is 35.5. The van der Waals surface area contributed by atoms with E-state index in [1.807, 2.05) is 28.1 Å². The SMILES string of the molecule is CC1CCN(C(=O)c2cnn3ccc(C4CCN(C(=O)Nc5ccccc5Cl)CC4)cc23)CC1. The van der Waals surface area contributed by atoms with E-state index in [1.54, 1.807) is 22.8 Å². The number of piperidine rings is 2. The van der Waals surface area contributed by atoms with Crippen LogP contribution >= 0.6 is 11.6 Å². The number of hydrogen-bond acceptors (Lipinski definition) is 3. The lowest BCUT2D eigenvalue weighted by atomic mass is 9.89. The van der Waals surface area contributed by atoms with E-state index in [4.69, 9.17) is 11.6 Å². The normalized spacial score (nSPS) is 17.8. The van der Waals surface area contributed by atoms with E-state index in [-0.39, 0.29) is 11.9 Å². The van der Waals surface area contributed by atoms with Crippen molar-refractivity contribution in [3.05, 3.63) is 64.9 Å². The quantitative estimate of drug-likeness (QED) is 0.556. The Hall–Kier alpha value is -3.06. The van der Waals surface area contributed by atoms with Crippen molar-refractivity contribution in [2.75, 3.05) is 31.5 Å². The summed E-state index contributed by atoms with van der Waals surface area (Å²) in [5.74, 6) is 1.09. The highest BCUT2D eigenvalue weighted by Crippen LogP contribution is 2.30. The molecule has 0 unspecified atom stereocenters. The number of urea groups is 1. The zero-order valence-electron chi connectivity index (χ0n) is 19.4.